The third-order valence-electron chi connectivity index (χ3n) is 4.52. The minimum atomic E-state index is 0.151. The van der Waals surface area contributed by atoms with Crippen molar-refractivity contribution in [2.45, 2.75) is 39.0 Å². The molecular weight excluding hydrogens is 336 g/mol. The van der Waals surface area contributed by atoms with Crippen LogP contribution in [0, 0.1) is 6.92 Å². The van der Waals surface area contributed by atoms with Gasteiger partial charge in [-0.05, 0) is 13.8 Å². The summed E-state index contributed by atoms with van der Waals surface area (Å²) in [5.74, 6) is 0.646. The average molecular weight is 358 g/mol. The van der Waals surface area contributed by atoms with Crippen molar-refractivity contribution < 1.29 is 4.74 Å². The SMILES string of the molecule is CNc1ncc(CN2CC(Oc3cc4nc(C)cn4cn3)CC2C)s1. The zero-order chi connectivity index (χ0) is 17.4. The van der Waals surface area contributed by atoms with Crippen LogP contribution >= 0.6 is 11.3 Å². The quantitative estimate of drug-likeness (QED) is 0.756. The maximum atomic E-state index is 6.13. The second-order valence-corrected chi connectivity index (χ2v) is 7.63. The number of thiazole rings is 1. The molecule has 1 N–H and O–H groups in total. The van der Waals surface area contributed by atoms with Crippen LogP contribution in [0.4, 0.5) is 5.13 Å². The van der Waals surface area contributed by atoms with Crippen LogP contribution in [0.1, 0.15) is 23.9 Å². The summed E-state index contributed by atoms with van der Waals surface area (Å²) in [5.41, 5.74) is 1.85. The fraction of sp³-hybridized carbons (Fsp3) is 0.471. The summed E-state index contributed by atoms with van der Waals surface area (Å²) in [7, 11) is 1.90. The molecule has 0 amide bonds. The Kier molecular flexibility index (Phi) is 4.30. The van der Waals surface area contributed by atoms with E-state index in [1.54, 1.807) is 17.7 Å². The van der Waals surface area contributed by atoms with Crippen LogP contribution in [-0.2, 0) is 6.54 Å². The molecule has 1 fully saturated rings. The first-order chi connectivity index (χ1) is 12.1. The second kappa shape index (κ2) is 6.61. The van der Waals surface area contributed by atoms with E-state index < -0.39 is 0 Å². The topological polar surface area (TPSA) is 67.6 Å². The van der Waals surface area contributed by atoms with Crippen LogP contribution in [0.15, 0.2) is 24.8 Å². The minimum Gasteiger partial charge on any atom is -0.473 e. The van der Waals surface area contributed by atoms with Gasteiger partial charge < -0.3 is 10.1 Å². The fourth-order valence-corrected chi connectivity index (χ4v) is 4.08. The van der Waals surface area contributed by atoms with E-state index >= 15 is 0 Å². The van der Waals surface area contributed by atoms with Crippen molar-refractivity contribution in [3.8, 4) is 5.88 Å². The predicted molar refractivity (Wildman–Crippen MR) is 98.3 cm³/mol. The van der Waals surface area contributed by atoms with Gasteiger partial charge in [0.1, 0.15) is 18.1 Å². The van der Waals surface area contributed by atoms with Crippen LogP contribution in [0.5, 0.6) is 5.88 Å². The van der Waals surface area contributed by atoms with Crippen LogP contribution in [-0.4, -0.2) is 50.0 Å². The lowest BCUT2D eigenvalue weighted by molar-refractivity contribution is 0.189. The van der Waals surface area contributed by atoms with Crippen molar-refractivity contribution in [1.82, 2.24) is 24.3 Å². The molecule has 0 aromatic carbocycles. The van der Waals surface area contributed by atoms with Gasteiger partial charge in [0, 0.05) is 55.9 Å². The average Bonchev–Trinajstić information content (AvgIpc) is 3.26. The monoisotopic (exact) mass is 358 g/mol. The highest BCUT2D eigenvalue weighted by molar-refractivity contribution is 7.15. The highest BCUT2D eigenvalue weighted by Gasteiger charge is 2.31. The van der Waals surface area contributed by atoms with Gasteiger partial charge >= 0.3 is 0 Å². The smallest absolute Gasteiger partial charge is 0.218 e. The Morgan fingerprint density at radius 3 is 3.08 bits per heavy atom. The molecule has 2 atom stereocenters. The third kappa shape index (κ3) is 3.45. The van der Waals surface area contributed by atoms with E-state index in [1.165, 1.54) is 4.88 Å². The van der Waals surface area contributed by atoms with Crippen molar-refractivity contribution in [2.75, 3.05) is 18.9 Å². The molecule has 25 heavy (non-hydrogen) atoms. The van der Waals surface area contributed by atoms with Crippen molar-refractivity contribution in [2.24, 2.45) is 0 Å². The van der Waals surface area contributed by atoms with Gasteiger partial charge in [0.15, 0.2) is 5.13 Å². The first-order valence-electron chi connectivity index (χ1n) is 8.45. The number of aryl methyl sites for hydroxylation is 1. The van der Waals surface area contributed by atoms with Crippen LogP contribution < -0.4 is 10.1 Å². The van der Waals surface area contributed by atoms with E-state index in [-0.39, 0.29) is 6.10 Å². The Morgan fingerprint density at radius 2 is 2.28 bits per heavy atom. The number of imidazole rings is 1. The van der Waals surface area contributed by atoms with Gasteiger partial charge in [-0.3, -0.25) is 9.30 Å². The molecule has 1 aliphatic heterocycles. The standard InChI is InChI=1S/C17H22N6OS/c1-11-7-23-10-20-16(5-15(23)21-11)24-13-4-12(2)22(8-13)9-14-6-19-17(18-3)25-14/h5-7,10,12-13H,4,8-9H2,1-3H3,(H,18,19). The maximum Gasteiger partial charge on any atom is 0.218 e. The van der Waals surface area contributed by atoms with Crippen molar-refractivity contribution in [3.63, 3.8) is 0 Å². The number of fused-ring (bicyclic) bond motifs is 1. The fourth-order valence-electron chi connectivity index (χ4n) is 3.28. The number of hydrogen-bond donors (Lipinski definition) is 1. The third-order valence-corrected chi connectivity index (χ3v) is 5.52. The normalized spacial score (nSPS) is 21.1. The number of nitrogens with zero attached hydrogens (tertiary/aromatic N) is 5. The number of nitrogens with one attached hydrogen (secondary N) is 1. The van der Waals surface area contributed by atoms with Crippen molar-refractivity contribution in [3.05, 3.63) is 35.4 Å². The summed E-state index contributed by atoms with van der Waals surface area (Å²) in [6, 6.07) is 2.38. The Labute approximate surface area is 150 Å². The van der Waals surface area contributed by atoms with Crippen LogP contribution in [0.25, 0.3) is 5.65 Å². The van der Waals surface area contributed by atoms with Gasteiger partial charge in [0.2, 0.25) is 5.88 Å². The molecule has 3 aromatic rings. The number of likely N-dealkylation sites (tertiary alicyclic amines) is 1. The number of anilines is 1. The van der Waals surface area contributed by atoms with Gasteiger partial charge in [-0.25, -0.2) is 15.0 Å². The second-order valence-electron chi connectivity index (χ2n) is 6.51. The lowest BCUT2D eigenvalue weighted by Gasteiger charge is -2.19. The largest absolute Gasteiger partial charge is 0.473 e. The molecule has 0 aliphatic carbocycles. The Bertz CT molecular complexity index is 875. The molecule has 4 heterocycles. The molecular formula is C17H22N6OS. The van der Waals surface area contributed by atoms with Gasteiger partial charge in [-0.2, -0.15) is 0 Å². The summed E-state index contributed by atoms with van der Waals surface area (Å²) >= 11 is 1.70. The van der Waals surface area contributed by atoms with E-state index in [4.69, 9.17) is 4.74 Å². The molecule has 0 radical (unpaired) electrons. The highest BCUT2D eigenvalue weighted by atomic mass is 32.1. The molecule has 132 valence electrons. The first kappa shape index (κ1) is 16.3. The summed E-state index contributed by atoms with van der Waals surface area (Å²) in [5, 5.41) is 4.05. The van der Waals surface area contributed by atoms with E-state index in [0.717, 1.165) is 36.0 Å². The predicted octanol–water partition coefficient (Wildman–Crippen LogP) is 2.58. The summed E-state index contributed by atoms with van der Waals surface area (Å²) in [6.45, 7) is 6.03. The Balaban J connectivity index is 1.41. The maximum absolute atomic E-state index is 6.13. The van der Waals surface area contributed by atoms with Gasteiger partial charge in [0.05, 0.1) is 5.69 Å². The van der Waals surface area contributed by atoms with E-state index in [1.807, 2.05) is 36.8 Å². The van der Waals surface area contributed by atoms with Crippen molar-refractivity contribution >= 4 is 22.1 Å². The van der Waals surface area contributed by atoms with Gasteiger partial charge in [0.25, 0.3) is 0 Å². The van der Waals surface area contributed by atoms with E-state index in [0.29, 0.717) is 11.9 Å². The summed E-state index contributed by atoms with van der Waals surface area (Å²) in [6.07, 6.45) is 6.82. The minimum absolute atomic E-state index is 0.151. The lowest BCUT2D eigenvalue weighted by Crippen LogP contribution is -2.27. The molecule has 8 heteroatoms. The Hall–Kier alpha value is -2.19. The van der Waals surface area contributed by atoms with Crippen molar-refractivity contribution in [1.29, 1.82) is 0 Å². The molecule has 1 saturated heterocycles. The molecule has 2 unspecified atom stereocenters. The number of hydrogen-bond acceptors (Lipinski definition) is 7. The molecule has 0 spiro atoms. The number of aromatic nitrogens is 4. The zero-order valence-corrected chi connectivity index (χ0v) is 15.5. The summed E-state index contributed by atoms with van der Waals surface area (Å²) in [4.78, 5) is 16.9. The van der Waals surface area contributed by atoms with Crippen LogP contribution in [0.3, 0.4) is 0 Å². The molecule has 3 aromatic heterocycles. The summed E-state index contributed by atoms with van der Waals surface area (Å²) < 4.78 is 8.04. The van der Waals surface area contributed by atoms with Gasteiger partial charge in [-0.1, -0.05) is 0 Å². The molecule has 4 rings (SSSR count). The lowest BCUT2D eigenvalue weighted by atomic mass is 10.2. The van der Waals surface area contributed by atoms with Gasteiger partial charge in [-0.15, -0.1) is 11.3 Å². The molecule has 0 saturated carbocycles. The zero-order valence-electron chi connectivity index (χ0n) is 14.6. The molecule has 0 bridgehead atoms. The number of rotatable bonds is 5. The highest BCUT2D eigenvalue weighted by Crippen LogP contribution is 2.26. The molecule has 1 aliphatic rings. The number of ether oxygens (including phenoxy) is 1. The van der Waals surface area contributed by atoms with E-state index in [9.17, 15) is 0 Å². The van der Waals surface area contributed by atoms with E-state index in [2.05, 4.69) is 32.1 Å². The molecule has 7 nitrogen and oxygen atoms in total. The Morgan fingerprint density at radius 1 is 1.40 bits per heavy atom. The first-order valence-corrected chi connectivity index (χ1v) is 9.27. The van der Waals surface area contributed by atoms with Crippen LogP contribution in [0.2, 0.25) is 0 Å².